The predicted octanol–water partition coefficient (Wildman–Crippen LogP) is 5.44. The van der Waals surface area contributed by atoms with Gasteiger partial charge in [0.1, 0.15) is 18.1 Å². The number of carbonyl (C=O) groups is 1. The second-order valence-corrected chi connectivity index (χ2v) is 8.49. The summed E-state index contributed by atoms with van der Waals surface area (Å²) in [7, 11) is 0. The third kappa shape index (κ3) is 5.08. The fraction of sp³-hybridized carbons (Fsp3) is 0.208. The lowest BCUT2D eigenvalue weighted by molar-refractivity contribution is 0.101. The first-order valence-corrected chi connectivity index (χ1v) is 10.9. The Morgan fingerprint density at radius 2 is 1.91 bits per heavy atom. The number of nitrogens with one attached hydrogen (secondary N) is 1. The summed E-state index contributed by atoms with van der Waals surface area (Å²) in [6.45, 7) is 6.58. The molecule has 1 N–H and O–H groups in total. The number of ether oxygens (including phenoxy) is 1. The van der Waals surface area contributed by atoms with E-state index in [-0.39, 0.29) is 12.3 Å². The summed E-state index contributed by atoms with van der Waals surface area (Å²) in [6, 6.07) is 15.9. The average molecular weight is 495 g/mol. The predicted molar refractivity (Wildman–Crippen MR) is 125 cm³/mol. The standard InChI is InChI=1S/C24H23BrN4O3/c1-15-7-9-19(10-8-15)31-14-20-17(3)32-28-22(20)24(30)26-23-21(25)13-29(27-23)12-18-6-4-5-16(2)11-18/h4-11,13H,12,14H2,1-3H3,(H,26,27,30). The van der Waals surface area contributed by atoms with Crippen LogP contribution in [0.25, 0.3) is 0 Å². The van der Waals surface area contributed by atoms with E-state index in [9.17, 15) is 4.79 Å². The zero-order valence-corrected chi connectivity index (χ0v) is 19.6. The Hall–Kier alpha value is -3.39. The lowest BCUT2D eigenvalue weighted by Crippen LogP contribution is -2.16. The first-order chi connectivity index (χ1) is 15.4. The van der Waals surface area contributed by atoms with Gasteiger partial charge in [0.25, 0.3) is 5.91 Å². The fourth-order valence-corrected chi connectivity index (χ4v) is 3.67. The first kappa shape index (κ1) is 21.8. The molecule has 8 heteroatoms. The topological polar surface area (TPSA) is 82.2 Å². The van der Waals surface area contributed by atoms with Crippen LogP contribution in [0.15, 0.2) is 63.7 Å². The summed E-state index contributed by atoms with van der Waals surface area (Å²) in [6.07, 6.45) is 1.83. The fourth-order valence-electron chi connectivity index (χ4n) is 3.26. The number of hydrogen-bond acceptors (Lipinski definition) is 5. The number of anilines is 1. The Balaban J connectivity index is 1.46. The molecule has 7 nitrogen and oxygen atoms in total. The van der Waals surface area contributed by atoms with E-state index in [0.717, 1.165) is 11.1 Å². The molecule has 0 atom stereocenters. The van der Waals surface area contributed by atoms with Crippen LogP contribution in [-0.2, 0) is 13.2 Å². The molecular formula is C24H23BrN4O3. The van der Waals surface area contributed by atoms with Crippen molar-refractivity contribution in [2.45, 2.75) is 33.9 Å². The van der Waals surface area contributed by atoms with Gasteiger partial charge in [-0.1, -0.05) is 52.7 Å². The van der Waals surface area contributed by atoms with Crippen molar-refractivity contribution in [3.8, 4) is 5.75 Å². The first-order valence-electron chi connectivity index (χ1n) is 10.1. The van der Waals surface area contributed by atoms with E-state index in [1.54, 1.807) is 11.6 Å². The Kier molecular flexibility index (Phi) is 6.41. The quantitative estimate of drug-likeness (QED) is 0.369. The van der Waals surface area contributed by atoms with E-state index in [4.69, 9.17) is 9.26 Å². The third-order valence-corrected chi connectivity index (χ3v) is 5.56. The molecule has 0 unspecified atom stereocenters. The van der Waals surface area contributed by atoms with Crippen molar-refractivity contribution >= 4 is 27.7 Å². The van der Waals surface area contributed by atoms with Crippen LogP contribution in [0.4, 0.5) is 5.82 Å². The van der Waals surface area contributed by atoms with Crippen molar-refractivity contribution < 1.29 is 14.1 Å². The minimum Gasteiger partial charge on any atom is -0.489 e. The highest BCUT2D eigenvalue weighted by molar-refractivity contribution is 9.10. The van der Waals surface area contributed by atoms with Gasteiger partial charge in [-0.05, 0) is 54.4 Å². The van der Waals surface area contributed by atoms with Crippen molar-refractivity contribution in [3.05, 3.63) is 92.9 Å². The van der Waals surface area contributed by atoms with E-state index < -0.39 is 5.91 Å². The number of amides is 1. The Bertz CT molecular complexity index is 1240. The van der Waals surface area contributed by atoms with Gasteiger partial charge < -0.3 is 14.6 Å². The van der Waals surface area contributed by atoms with Gasteiger partial charge in [0, 0.05) is 6.20 Å². The molecule has 4 rings (SSSR count). The lowest BCUT2D eigenvalue weighted by atomic mass is 10.1. The largest absolute Gasteiger partial charge is 0.489 e. The van der Waals surface area contributed by atoms with E-state index in [1.165, 1.54) is 5.56 Å². The van der Waals surface area contributed by atoms with Gasteiger partial charge in [-0.2, -0.15) is 5.10 Å². The number of nitrogens with zero attached hydrogens (tertiary/aromatic N) is 3. The zero-order chi connectivity index (χ0) is 22.7. The number of hydrogen-bond donors (Lipinski definition) is 1. The maximum atomic E-state index is 12.9. The minimum absolute atomic E-state index is 0.171. The van der Waals surface area contributed by atoms with Gasteiger partial charge in [0.2, 0.25) is 0 Å². The number of rotatable bonds is 7. The van der Waals surface area contributed by atoms with E-state index in [1.807, 2.05) is 62.5 Å². The van der Waals surface area contributed by atoms with Crippen LogP contribution in [0, 0.1) is 20.8 Å². The van der Waals surface area contributed by atoms with E-state index >= 15 is 0 Å². The van der Waals surface area contributed by atoms with Gasteiger partial charge in [-0.25, -0.2) is 0 Å². The summed E-state index contributed by atoms with van der Waals surface area (Å²) in [5.74, 6) is 1.24. The minimum atomic E-state index is -0.411. The van der Waals surface area contributed by atoms with Crippen LogP contribution >= 0.6 is 15.9 Å². The molecule has 0 aliphatic rings. The molecule has 2 aromatic carbocycles. The van der Waals surface area contributed by atoms with E-state index in [2.05, 4.69) is 37.6 Å². The van der Waals surface area contributed by atoms with Crippen molar-refractivity contribution in [2.24, 2.45) is 0 Å². The van der Waals surface area contributed by atoms with Gasteiger partial charge >= 0.3 is 0 Å². The van der Waals surface area contributed by atoms with Gasteiger partial charge in [0.05, 0.1) is 16.6 Å². The van der Waals surface area contributed by atoms with Crippen molar-refractivity contribution in [2.75, 3.05) is 5.32 Å². The van der Waals surface area contributed by atoms with Crippen LogP contribution in [0.1, 0.15) is 38.5 Å². The summed E-state index contributed by atoms with van der Waals surface area (Å²) in [5.41, 5.74) is 4.23. The molecule has 0 aliphatic carbocycles. The Morgan fingerprint density at radius 1 is 1.12 bits per heavy atom. The SMILES string of the molecule is Cc1ccc(OCc2c(C(=O)Nc3nn(Cc4cccc(C)c4)cc3Br)noc2C)cc1. The van der Waals surface area contributed by atoms with E-state index in [0.29, 0.717) is 33.9 Å². The van der Waals surface area contributed by atoms with Crippen LogP contribution in [0.2, 0.25) is 0 Å². The molecule has 2 aromatic heterocycles. The lowest BCUT2D eigenvalue weighted by Gasteiger charge is -2.07. The molecule has 4 aromatic rings. The zero-order valence-electron chi connectivity index (χ0n) is 18.1. The smallest absolute Gasteiger partial charge is 0.279 e. The molecule has 2 heterocycles. The molecule has 0 saturated heterocycles. The highest BCUT2D eigenvalue weighted by Crippen LogP contribution is 2.23. The molecule has 0 spiro atoms. The molecule has 0 aliphatic heterocycles. The van der Waals surface area contributed by atoms with Crippen molar-refractivity contribution in [1.82, 2.24) is 14.9 Å². The summed E-state index contributed by atoms with van der Waals surface area (Å²) >= 11 is 3.47. The van der Waals surface area contributed by atoms with Gasteiger partial charge in [-0.15, -0.1) is 0 Å². The molecular weight excluding hydrogens is 472 g/mol. The summed E-state index contributed by atoms with van der Waals surface area (Å²) < 4.78 is 13.5. The second-order valence-electron chi connectivity index (χ2n) is 7.63. The summed E-state index contributed by atoms with van der Waals surface area (Å²) in [5, 5.41) is 11.2. The highest BCUT2D eigenvalue weighted by Gasteiger charge is 2.22. The Morgan fingerprint density at radius 3 is 2.66 bits per heavy atom. The molecule has 164 valence electrons. The molecule has 32 heavy (non-hydrogen) atoms. The maximum absolute atomic E-state index is 12.9. The summed E-state index contributed by atoms with van der Waals surface area (Å²) in [4.78, 5) is 12.9. The number of aryl methyl sites for hydroxylation is 3. The normalized spacial score (nSPS) is 10.9. The monoisotopic (exact) mass is 494 g/mol. The van der Waals surface area contributed by atoms with Crippen molar-refractivity contribution in [1.29, 1.82) is 0 Å². The van der Waals surface area contributed by atoms with Crippen molar-refractivity contribution in [3.63, 3.8) is 0 Å². The highest BCUT2D eigenvalue weighted by atomic mass is 79.9. The molecule has 0 bridgehead atoms. The molecule has 1 amide bonds. The van der Waals surface area contributed by atoms with Crippen LogP contribution in [0.3, 0.4) is 0 Å². The second kappa shape index (κ2) is 9.40. The van der Waals surface area contributed by atoms with Crippen LogP contribution in [-0.4, -0.2) is 20.8 Å². The number of benzene rings is 2. The van der Waals surface area contributed by atoms with Crippen LogP contribution < -0.4 is 10.1 Å². The maximum Gasteiger partial charge on any atom is 0.279 e. The average Bonchev–Trinajstić information content (AvgIpc) is 3.29. The molecule has 0 fully saturated rings. The molecule has 0 saturated carbocycles. The van der Waals surface area contributed by atoms with Gasteiger partial charge in [0.15, 0.2) is 11.5 Å². The number of carbonyl (C=O) groups excluding carboxylic acids is 1. The number of aromatic nitrogens is 3. The third-order valence-electron chi connectivity index (χ3n) is 4.98. The Labute approximate surface area is 194 Å². The number of halogens is 1. The van der Waals surface area contributed by atoms with Crippen LogP contribution in [0.5, 0.6) is 5.75 Å². The van der Waals surface area contributed by atoms with Gasteiger partial charge in [-0.3, -0.25) is 9.48 Å². The molecule has 0 radical (unpaired) electrons.